The van der Waals surface area contributed by atoms with Crippen LogP contribution in [-0.4, -0.2) is 36.7 Å². The summed E-state index contributed by atoms with van der Waals surface area (Å²) in [6.45, 7) is 1.30. The Morgan fingerprint density at radius 3 is 3.11 bits per heavy atom. The fourth-order valence-electron chi connectivity index (χ4n) is 3.00. The Hall–Kier alpha value is -1.42. The standard InChI is InChI=1S/C13H15ClN2O2/c1-18-12(17)16-7-6-13(8-16)9-4-2-3-5-10(9)15-11(13)14/h2-5,11,15H,6-8H2,1H3. The molecule has 0 aliphatic carbocycles. The van der Waals surface area contributed by atoms with E-state index >= 15 is 0 Å². The van der Waals surface area contributed by atoms with Gasteiger partial charge in [-0.1, -0.05) is 29.8 Å². The van der Waals surface area contributed by atoms with Crippen LogP contribution in [0.2, 0.25) is 0 Å². The van der Waals surface area contributed by atoms with Crippen LogP contribution in [0.3, 0.4) is 0 Å². The Kier molecular flexibility index (Phi) is 2.63. The zero-order valence-electron chi connectivity index (χ0n) is 10.1. The van der Waals surface area contributed by atoms with Gasteiger partial charge in [0.15, 0.2) is 0 Å². The molecule has 5 heteroatoms. The molecular formula is C13H15ClN2O2. The topological polar surface area (TPSA) is 41.6 Å². The maximum atomic E-state index is 11.6. The average molecular weight is 267 g/mol. The van der Waals surface area contributed by atoms with Gasteiger partial charge in [0.05, 0.1) is 12.5 Å². The Morgan fingerprint density at radius 1 is 1.56 bits per heavy atom. The molecule has 1 saturated heterocycles. The van der Waals surface area contributed by atoms with Crippen LogP contribution in [0.5, 0.6) is 0 Å². The summed E-state index contributed by atoms with van der Waals surface area (Å²) in [5.41, 5.74) is 1.91. The number of rotatable bonds is 0. The number of carbonyl (C=O) groups is 1. The number of nitrogens with one attached hydrogen (secondary N) is 1. The monoisotopic (exact) mass is 266 g/mol. The van der Waals surface area contributed by atoms with Crippen molar-refractivity contribution in [3.63, 3.8) is 0 Å². The smallest absolute Gasteiger partial charge is 0.409 e. The van der Waals surface area contributed by atoms with Gasteiger partial charge >= 0.3 is 6.09 Å². The number of amides is 1. The summed E-state index contributed by atoms with van der Waals surface area (Å²) >= 11 is 6.46. The van der Waals surface area contributed by atoms with Gasteiger partial charge < -0.3 is 15.0 Å². The van der Waals surface area contributed by atoms with E-state index in [0.29, 0.717) is 13.1 Å². The number of fused-ring (bicyclic) bond motifs is 2. The first kappa shape index (κ1) is 11.7. The largest absolute Gasteiger partial charge is 0.453 e. The van der Waals surface area contributed by atoms with Gasteiger partial charge in [-0.15, -0.1) is 0 Å². The zero-order valence-corrected chi connectivity index (χ0v) is 10.9. The van der Waals surface area contributed by atoms with Gasteiger partial charge in [0, 0.05) is 18.8 Å². The highest BCUT2D eigenvalue weighted by Gasteiger charge is 2.51. The molecule has 2 aliphatic heterocycles. The van der Waals surface area contributed by atoms with Crippen molar-refractivity contribution >= 4 is 23.4 Å². The van der Waals surface area contributed by atoms with Crippen LogP contribution in [-0.2, 0) is 10.2 Å². The zero-order chi connectivity index (χ0) is 12.8. The maximum Gasteiger partial charge on any atom is 0.409 e. The number of halogens is 1. The number of alkyl halides is 1. The first-order chi connectivity index (χ1) is 8.67. The Balaban J connectivity index is 1.95. The molecular weight excluding hydrogens is 252 g/mol. The molecule has 2 heterocycles. The first-order valence-electron chi connectivity index (χ1n) is 6.00. The molecule has 0 radical (unpaired) electrons. The molecule has 1 amide bonds. The quantitative estimate of drug-likeness (QED) is 0.579. The minimum Gasteiger partial charge on any atom is -0.453 e. The molecule has 1 aromatic carbocycles. The number of hydrogen-bond donors (Lipinski definition) is 1. The van der Waals surface area contributed by atoms with E-state index in [2.05, 4.69) is 11.4 Å². The van der Waals surface area contributed by atoms with Crippen molar-refractivity contribution in [2.75, 3.05) is 25.5 Å². The lowest BCUT2D eigenvalue weighted by atomic mass is 9.81. The summed E-state index contributed by atoms with van der Waals surface area (Å²) in [6, 6.07) is 8.12. The molecule has 2 atom stereocenters. The van der Waals surface area contributed by atoms with E-state index in [0.717, 1.165) is 12.1 Å². The van der Waals surface area contributed by atoms with Crippen LogP contribution in [0.15, 0.2) is 24.3 Å². The Morgan fingerprint density at radius 2 is 2.33 bits per heavy atom. The molecule has 18 heavy (non-hydrogen) atoms. The van der Waals surface area contributed by atoms with Crippen molar-refractivity contribution in [3.05, 3.63) is 29.8 Å². The summed E-state index contributed by atoms with van der Waals surface area (Å²) in [5.74, 6) is 0. The third kappa shape index (κ3) is 1.48. The van der Waals surface area contributed by atoms with Gasteiger partial charge in [0.1, 0.15) is 5.50 Å². The Labute approximate surface area is 111 Å². The van der Waals surface area contributed by atoms with E-state index in [1.54, 1.807) is 4.90 Å². The highest BCUT2D eigenvalue weighted by molar-refractivity contribution is 6.23. The van der Waals surface area contributed by atoms with Crippen LogP contribution in [0.4, 0.5) is 10.5 Å². The van der Waals surface area contributed by atoms with Gasteiger partial charge in [-0.25, -0.2) is 4.79 Å². The van der Waals surface area contributed by atoms with Gasteiger partial charge in [0.2, 0.25) is 0 Å². The van der Waals surface area contributed by atoms with Crippen molar-refractivity contribution in [2.45, 2.75) is 17.3 Å². The lowest BCUT2D eigenvalue weighted by molar-refractivity contribution is 0.130. The highest BCUT2D eigenvalue weighted by Crippen LogP contribution is 2.48. The second kappa shape index (κ2) is 4.05. The Bertz CT molecular complexity index is 494. The van der Waals surface area contributed by atoms with Crippen LogP contribution in [0, 0.1) is 0 Å². The van der Waals surface area contributed by atoms with Crippen LogP contribution >= 0.6 is 11.6 Å². The van der Waals surface area contributed by atoms with Crippen molar-refractivity contribution in [3.8, 4) is 0 Å². The van der Waals surface area contributed by atoms with E-state index in [1.807, 2.05) is 18.2 Å². The molecule has 2 aliphatic rings. The fraction of sp³-hybridized carbons (Fsp3) is 0.462. The third-order valence-corrected chi connectivity index (χ3v) is 4.49. The van der Waals surface area contributed by atoms with Gasteiger partial charge in [0.25, 0.3) is 0 Å². The summed E-state index contributed by atoms with van der Waals surface area (Å²) in [7, 11) is 1.41. The number of hydrogen-bond acceptors (Lipinski definition) is 3. The lowest BCUT2D eigenvalue weighted by Crippen LogP contribution is -2.39. The number of methoxy groups -OCH3 is 1. The number of carbonyl (C=O) groups excluding carboxylic acids is 1. The second-order valence-corrected chi connectivity index (χ2v) is 5.29. The number of para-hydroxylation sites is 1. The van der Waals surface area contributed by atoms with Gasteiger partial charge in [-0.05, 0) is 18.1 Å². The van der Waals surface area contributed by atoms with E-state index in [-0.39, 0.29) is 17.0 Å². The molecule has 96 valence electrons. The predicted molar refractivity (Wildman–Crippen MR) is 70.0 cm³/mol. The second-order valence-electron chi connectivity index (χ2n) is 4.85. The van der Waals surface area contributed by atoms with Crippen molar-refractivity contribution in [2.24, 2.45) is 0 Å². The van der Waals surface area contributed by atoms with E-state index in [4.69, 9.17) is 16.3 Å². The number of nitrogens with zero attached hydrogens (tertiary/aromatic N) is 1. The van der Waals surface area contributed by atoms with Crippen LogP contribution < -0.4 is 5.32 Å². The fourth-order valence-corrected chi connectivity index (χ4v) is 3.41. The van der Waals surface area contributed by atoms with Crippen LogP contribution in [0.1, 0.15) is 12.0 Å². The molecule has 1 fully saturated rings. The molecule has 2 unspecified atom stereocenters. The minimum absolute atomic E-state index is 0.176. The third-order valence-electron chi connectivity index (χ3n) is 3.96. The van der Waals surface area contributed by atoms with Gasteiger partial charge in [-0.2, -0.15) is 0 Å². The average Bonchev–Trinajstić information content (AvgIpc) is 2.94. The van der Waals surface area contributed by atoms with Crippen molar-refractivity contribution in [1.82, 2.24) is 4.90 Å². The molecule has 1 N–H and O–H groups in total. The summed E-state index contributed by atoms with van der Waals surface area (Å²) in [4.78, 5) is 13.3. The van der Waals surface area contributed by atoms with E-state index in [1.165, 1.54) is 12.7 Å². The summed E-state index contributed by atoms with van der Waals surface area (Å²) in [5, 5.41) is 3.29. The molecule has 0 bridgehead atoms. The van der Waals surface area contributed by atoms with E-state index < -0.39 is 0 Å². The van der Waals surface area contributed by atoms with Gasteiger partial charge in [-0.3, -0.25) is 0 Å². The molecule has 1 spiro atoms. The molecule has 4 nitrogen and oxygen atoms in total. The summed E-state index contributed by atoms with van der Waals surface area (Å²) in [6.07, 6.45) is 0.584. The highest BCUT2D eigenvalue weighted by atomic mass is 35.5. The van der Waals surface area contributed by atoms with Crippen LogP contribution in [0.25, 0.3) is 0 Å². The normalized spacial score (nSPS) is 29.2. The minimum atomic E-state index is -0.278. The molecule has 0 saturated carbocycles. The van der Waals surface area contributed by atoms with Crippen molar-refractivity contribution in [1.29, 1.82) is 0 Å². The number of benzene rings is 1. The first-order valence-corrected chi connectivity index (χ1v) is 6.44. The number of ether oxygens (including phenoxy) is 1. The molecule has 0 aromatic heterocycles. The lowest BCUT2D eigenvalue weighted by Gasteiger charge is -2.27. The van der Waals surface area contributed by atoms with Crippen molar-refractivity contribution < 1.29 is 9.53 Å². The SMILES string of the molecule is COC(=O)N1CCC2(C1)c1ccccc1NC2Cl. The summed E-state index contributed by atoms with van der Waals surface area (Å²) < 4.78 is 4.78. The maximum absolute atomic E-state index is 11.6. The number of likely N-dealkylation sites (tertiary alicyclic amines) is 1. The molecule has 1 aromatic rings. The predicted octanol–water partition coefficient (Wildman–Crippen LogP) is 2.39. The molecule has 3 rings (SSSR count). The van der Waals surface area contributed by atoms with E-state index in [9.17, 15) is 4.79 Å². The number of anilines is 1.